The van der Waals surface area contributed by atoms with Crippen LogP contribution in [0.15, 0.2) is 23.0 Å². The lowest BCUT2D eigenvalue weighted by Gasteiger charge is -2.09. The maximum absolute atomic E-state index is 13.1. The largest absolute Gasteiger partial charge is 0.468 e. The number of methoxy groups -OCH3 is 1. The number of nitrogens with zero attached hydrogens (tertiary/aromatic N) is 2. The number of rotatable bonds is 2. The standard InChI is InChI=1S/C12H11FN2O3/c1-7-14-10-4-3-8(13)5-9(10)12(17)15(7)6-11(16)18-2/h3-5H,6H2,1-2H3. The second kappa shape index (κ2) is 4.56. The number of carbonyl (C=O) groups excluding carboxylic acids is 1. The maximum Gasteiger partial charge on any atom is 0.325 e. The van der Waals surface area contributed by atoms with E-state index in [0.717, 1.165) is 10.6 Å². The zero-order chi connectivity index (χ0) is 13.3. The van der Waals surface area contributed by atoms with Crippen molar-refractivity contribution >= 4 is 16.9 Å². The van der Waals surface area contributed by atoms with Gasteiger partial charge in [0.1, 0.15) is 18.2 Å². The number of hydrogen-bond donors (Lipinski definition) is 0. The smallest absolute Gasteiger partial charge is 0.325 e. The van der Waals surface area contributed by atoms with Gasteiger partial charge in [0.2, 0.25) is 0 Å². The third-order valence-electron chi connectivity index (χ3n) is 2.62. The van der Waals surface area contributed by atoms with Gasteiger partial charge >= 0.3 is 5.97 Å². The van der Waals surface area contributed by atoms with Crippen molar-refractivity contribution in [2.24, 2.45) is 0 Å². The van der Waals surface area contributed by atoms with Crippen LogP contribution in [0.3, 0.4) is 0 Å². The molecule has 0 spiro atoms. The molecule has 1 heterocycles. The van der Waals surface area contributed by atoms with Gasteiger partial charge in [-0.05, 0) is 25.1 Å². The molecule has 0 amide bonds. The van der Waals surface area contributed by atoms with E-state index < -0.39 is 17.3 Å². The Hall–Kier alpha value is -2.24. The first kappa shape index (κ1) is 12.2. The molecule has 0 radical (unpaired) electrons. The minimum atomic E-state index is -0.558. The van der Waals surface area contributed by atoms with Crippen molar-refractivity contribution in [2.45, 2.75) is 13.5 Å². The maximum atomic E-state index is 13.1. The average Bonchev–Trinajstić information content (AvgIpc) is 2.35. The van der Waals surface area contributed by atoms with Gasteiger partial charge in [-0.15, -0.1) is 0 Å². The highest BCUT2D eigenvalue weighted by molar-refractivity contribution is 5.78. The summed E-state index contributed by atoms with van der Waals surface area (Å²) in [6, 6.07) is 3.78. The van der Waals surface area contributed by atoms with Crippen LogP contribution in [0.2, 0.25) is 0 Å². The number of ether oxygens (including phenoxy) is 1. The summed E-state index contributed by atoms with van der Waals surface area (Å²) < 4.78 is 18.8. The van der Waals surface area contributed by atoms with Crippen LogP contribution in [0.1, 0.15) is 5.82 Å². The fourth-order valence-electron chi connectivity index (χ4n) is 1.68. The molecule has 0 N–H and O–H groups in total. The predicted molar refractivity (Wildman–Crippen MR) is 62.7 cm³/mol. The number of halogens is 1. The van der Waals surface area contributed by atoms with Gasteiger partial charge < -0.3 is 4.74 Å². The first-order chi connectivity index (χ1) is 8.52. The van der Waals surface area contributed by atoms with Crippen LogP contribution in [0.25, 0.3) is 10.9 Å². The fourth-order valence-corrected chi connectivity index (χ4v) is 1.68. The highest BCUT2D eigenvalue weighted by atomic mass is 19.1. The third kappa shape index (κ3) is 2.09. The second-order valence-electron chi connectivity index (χ2n) is 3.79. The molecule has 2 rings (SSSR count). The molecular weight excluding hydrogens is 239 g/mol. The number of benzene rings is 1. The van der Waals surface area contributed by atoms with E-state index in [0.29, 0.717) is 11.3 Å². The minimum absolute atomic E-state index is 0.143. The molecule has 0 bridgehead atoms. The van der Waals surface area contributed by atoms with Gasteiger partial charge in [0.25, 0.3) is 5.56 Å². The number of hydrogen-bond acceptors (Lipinski definition) is 4. The summed E-state index contributed by atoms with van der Waals surface area (Å²) in [6.45, 7) is 1.37. The van der Waals surface area contributed by atoms with Crippen LogP contribution < -0.4 is 5.56 Å². The molecule has 5 nitrogen and oxygen atoms in total. The van der Waals surface area contributed by atoms with E-state index in [9.17, 15) is 14.0 Å². The van der Waals surface area contributed by atoms with Crippen LogP contribution in [0, 0.1) is 12.7 Å². The summed E-state index contributed by atoms with van der Waals surface area (Å²) in [5, 5.41) is 0.143. The van der Waals surface area contributed by atoms with Gasteiger partial charge in [-0.3, -0.25) is 14.2 Å². The van der Waals surface area contributed by atoms with Crippen molar-refractivity contribution in [3.8, 4) is 0 Å². The minimum Gasteiger partial charge on any atom is -0.468 e. The lowest BCUT2D eigenvalue weighted by Crippen LogP contribution is -2.28. The van der Waals surface area contributed by atoms with Crippen molar-refractivity contribution in [1.82, 2.24) is 9.55 Å². The van der Waals surface area contributed by atoms with Gasteiger partial charge in [-0.25, -0.2) is 9.37 Å². The quantitative estimate of drug-likeness (QED) is 0.746. The SMILES string of the molecule is COC(=O)Cn1c(C)nc2ccc(F)cc2c1=O. The molecule has 0 fully saturated rings. The molecule has 0 atom stereocenters. The Kier molecular flexibility index (Phi) is 3.10. The van der Waals surface area contributed by atoms with E-state index in [2.05, 4.69) is 9.72 Å². The molecule has 1 aromatic heterocycles. The Bertz CT molecular complexity index is 679. The van der Waals surface area contributed by atoms with Gasteiger partial charge in [-0.1, -0.05) is 0 Å². The van der Waals surface area contributed by atoms with Gasteiger partial charge in [0, 0.05) is 0 Å². The van der Waals surface area contributed by atoms with Gasteiger partial charge in [-0.2, -0.15) is 0 Å². The Morgan fingerprint density at radius 1 is 1.50 bits per heavy atom. The van der Waals surface area contributed by atoms with E-state index in [1.165, 1.54) is 19.2 Å². The fraction of sp³-hybridized carbons (Fsp3) is 0.250. The van der Waals surface area contributed by atoms with Crippen LogP contribution >= 0.6 is 0 Å². The van der Waals surface area contributed by atoms with Crippen molar-refractivity contribution in [1.29, 1.82) is 0 Å². The number of carbonyl (C=O) groups is 1. The summed E-state index contributed by atoms with van der Waals surface area (Å²) in [7, 11) is 1.23. The van der Waals surface area contributed by atoms with Crippen molar-refractivity contribution in [3.63, 3.8) is 0 Å². The molecule has 2 aromatic rings. The lowest BCUT2D eigenvalue weighted by atomic mass is 10.2. The summed E-state index contributed by atoms with van der Waals surface area (Å²) in [5.41, 5.74) is -0.0533. The average molecular weight is 250 g/mol. The molecule has 0 saturated heterocycles. The number of aromatic nitrogens is 2. The van der Waals surface area contributed by atoms with E-state index in [1.54, 1.807) is 6.92 Å². The molecule has 0 aliphatic carbocycles. The third-order valence-corrected chi connectivity index (χ3v) is 2.62. The predicted octanol–water partition coefficient (Wildman–Crippen LogP) is 1.02. The normalized spacial score (nSPS) is 10.6. The first-order valence-electron chi connectivity index (χ1n) is 5.26. The Labute approximate surface area is 102 Å². The van der Waals surface area contributed by atoms with Gasteiger partial charge in [0.05, 0.1) is 18.0 Å². The molecule has 0 aliphatic heterocycles. The van der Waals surface area contributed by atoms with E-state index in [4.69, 9.17) is 0 Å². The zero-order valence-electron chi connectivity index (χ0n) is 9.94. The summed E-state index contributed by atoms with van der Waals surface area (Å²) in [4.78, 5) is 27.5. The molecule has 0 unspecified atom stereocenters. The summed E-state index contributed by atoms with van der Waals surface area (Å²) in [6.07, 6.45) is 0. The van der Waals surface area contributed by atoms with Crippen molar-refractivity contribution < 1.29 is 13.9 Å². The van der Waals surface area contributed by atoms with Crippen LogP contribution in [0.4, 0.5) is 4.39 Å². The highest BCUT2D eigenvalue weighted by Crippen LogP contribution is 2.10. The molecule has 6 heteroatoms. The van der Waals surface area contributed by atoms with E-state index in [-0.39, 0.29) is 11.9 Å². The number of esters is 1. The summed E-state index contributed by atoms with van der Waals surface area (Å²) >= 11 is 0. The van der Waals surface area contributed by atoms with Crippen LogP contribution in [-0.2, 0) is 16.1 Å². The van der Waals surface area contributed by atoms with Crippen molar-refractivity contribution in [3.05, 3.63) is 40.2 Å². The Morgan fingerprint density at radius 2 is 2.22 bits per heavy atom. The van der Waals surface area contributed by atoms with E-state index >= 15 is 0 Å². The molecule has 1 aromatic carbocycles. The lowest BCUT2D eigenvalue weighted by molar-refractivity contribution is -0.141. The molecule has 0 saturated carbocycles. The molecular formula is C12H11FN2O3. The van der Waals surface area contributed by atoms with Gasteiger partial charge in [0.15, 0.2) is 0 Å². The van der Waals surface area contributed by atoms with Crippen LogP contribution in [0.5, 0.6) is 0 Å². The molecule has 0 aliphatic rings. The van der Waals surface area contributed by atoms with Crippen LogP contribution in [-0.4, -0.2) is 22.6 Å². The number of aryl methyl sites for hydroxylation is 1. The Morgan fingerprint density at radius 3 is 2.89 bits per heavy atom. The summed E-state index contributed by atoms with van der Waals surface area (Å²) in [5.74, 6) is -0.697. The van der Waals surface area contributed by atoms with E-state index in [1.807, 2.05) is 0 Å². The molecule has 94 valence electrons. The Balaban J connectivity index is 2.67. The van der Waals surface area contributed by atoms with Crippen molar-refractivity contribution in [2.75, 3.05) is 7.11 Å². The zero-order valence-corrected chi connectivity index (χ0v) is 9.94. The first-order valence-corrected chi connectivity index (χ1v) is 5.26. The second-order valence-corrected chi connectivity index (χ2v) is 3.79. The molecule has 18 heavy (non-hydrogen) atoms. The highest BCUT2D eigenvalue weighted by Gasteiger charge is 2.12. The monoisotopic (exact) mass is 250 g/mol. The topological polar surface area (TPSA) is 61.2 Å². The number of fused-ring (bicyclic) bond motifs is 1.